The quantitative estimate of drug-likeness (QED) is 0.0313. The van der Waals surface area contributed by atoms with E-state index in [1.807, 2.05) is 27.2 Å². The average Bonchev–Trinajstić information content (AvgIpc) is 3.04. The molecule has 2 N–H and O–H groups in total. The Labute approximate surface area is 300 Å². The van der Waals surface area contributed by atoms with Gasteiger partial charge in [-0.15, -0.1) is 0 Å². The van der Waals surface area contributed by atoms with Crippen molar-refractivity contribution in [3.8, 4) is 0 Å². The van der Waals surface area contributed by atoms with Crippen LogP contribution in [0.1, 0.15) is 123 Å². The van der Waals surface area contributed by atoms with Crippen molar-refractivity contribution in [3.63, 3.8) is 0 Å². The first-order valence-electron chi connectivity index (χ1n) is 18.8. The lowest BCUT2D eigenvalue weighted by Crippen LogP contribution is -2.45. The Hall–Kier alpha value is -2.06. The zero-order valence-electron chi connectivity index (χ0n) is 31.6. The predicted molar refractivity (Wildman–Crippen MR) is 205 cm³/mol. The third kappa shape index (κ3) is 34.2. The molecule has 0 heterocycles. The molecule has 0 aliphatic heterocycles. The van der Waals surface area contributed by atoms with Gasteiger partial charge in [0.05, 0.1) is 39.9 Å². The average molecular weight is 707 g/mol. The predicted octanol–water partition coefficient (Wildman–Crippen LogP) is 9.05. The van der Waals surface area contributed by atoms with E-state index in [-0.39, 0.29) is 12.5 Å². The molecule has 0 aliphatic carbocycles. The fourth-order valence-corrected chi connectivity index (χ4v) is 5.34. The summed E-state index contributed by atoms with van der Waals surface area (Å²) in [6.07, 6.45) is 41.0. The van der Waals surface area contributed by atoms with Crippen LogP contribution in [0.25, 0.3) is 0 Å². The minimum absolute atomic E-state index is 0.0139. The van der Waals surface area contributed by atoms with Crippen molar-refractivity contribution in [1.29, 1.82) is 0 Å². The third-order valence-electron chi connectivity index (χ3n) is 7.65. The number of phosphoric acid groups is 1. The second kappa shape index (κ2) is 31.9. The lowest BCUT2D eigenvalue weighted by Gasteiger charge is -2.29. The van der Waals surface area contributed by atoms with Gasteiger partial charge < -0.3 is 28.8 Å². The molecule has 0 rings (SSSR count). The number of nitrogens with zero attached hydrogens (tertiary/aromatic N) is 1. The summed E-state index contributed by atoms with van der Waals surface area (Å²) in [6, 6.07) is -0.911. The van der Waals surface area contributed by atoms with Gasteiger partial charge in [-0.3, -0.25) is 9.36 Å². The van der Waals surface area contributed by atoms with Crippen molar-refractivity contribution >= 4 is 13.7 Å². The maximum absolute atomic E-state index is 12.7. The highest BCUT2D eigenvalue weighted by Crippen LogP contribution is 2.38. The number of hydrogen-bond acceptors (Lipinski definition) is 6. The van der Waals surface area contributed by atoms with Crippen molar-refractivity contribution in [2.75, 3.05) is 40.9 Å². The number of allylic oxidation sites excluding steroid dienone is 11. The normalized spacial score (nSPS) is 15.5. The number of unbranched alkanes of at least 4 members (excludes halogenated alkanes) is 9. The van der Waals surface area contributed by atoms with E-state index < -0.39 is 26.6 Å². The molecule has 0 fully saturated rings. The smallest absolute Gasteiger partial charge is 0.268 e. The van der Waals surface area contributed by atoms with E-state index >= 15 is 0 Å². The Balaban J connectivity index is 4.46. The Morgan fingerprint density at radius 3 is 1.90 bits per heavy atom. The Morgan fingerprint density at radius 1 is 0.735 bits per heavy atom. The molecule has 0 radical (unpaired) electrons. The van der Waals surface area contributed by atoms with Gasteiger partial charge in [0.15, 0.2) is 0 Å². The molecule has 0 bridgehead atoms. The largest absolute Gasteiger partial charge is 0.756 e. The van der Waals surface area contributed by atoms with Crippen LogP contribution in [0.2, 0.25) is 0 Å². The first kappa shape index (κ1) is 46.9. The van der Waals surface area contributed by atoms with Crippen molar-refractivity contribution in [1.82, 2.24) is 5.32 Å². The topological polar surface area (TPSA) is 108 Å². The van der Waals surface area contributed by atoms with Crippen LogP contribution >= 0.6 is 7.82 Å². The summed E-state index contributed by atoms with van der Waals surface area (Å²) in [5.74, 6) is -0.231. The number of amides is 1. The van der Waals surface area contributed by atoms with Crippen LogP contribution in [0, 0.1) is 0 Å². The Morgan fingerprint density at radius 2 is 1.27 bits per heavy atom. The number of quaternary nitrogens is 1. The highest BCUT2D eigenvalue weighted by Gasteiger charge is 2.23. The molecular formula is C40H71N2O6P. The third-order valence-corrected chi connectivity index (χ3v) is 8.61. The fraction of sp³-hybridized carbons (Fsp3) is 0.675. The van der Waals surface area contributed by atoms with Crippen LogP contribution in [0.5, 0.6) is 0 Å². The maximum atomic E-state index is 12.7. The van der Waals surface area contributed by atoms with Gasteiger partial charge in [-0.25, -0.2) is 0 Å². The number of carbonyl (C=O) groups excluding carboxylic acids is 1. The molecule has 49 heavy (non-hydrogen) atoms. The summed E-state index contributed by atoms with van der Waals surface area (Å²) in [7, 11) is 1.21. The zero-order valence-corrected chi connectivity index (χ0v) is 32.5. The van der Waals surface area contributed by atoms with Crippen LogP contribution in [0.3, 0.4) is 0 Å². The number of aliphatic hydroxyl groups is 1. The molecule has 0 spiro atoms. The molecule has 3 atom stereocenters. The molecule has 1 amide bonds. The second-order valence-corrected chi connectivity index (χ2v) is 14.9. The lowest BCUT2D eigenvalue weighted by atomic mass is 10.1. The molecule has 0 aromatic rings. The number of nitrogens with one attached hydrogen (secondary N) is 1. The van der Waals surface area contributed by atoms with Crippen LogP contribution in [-0.4, -0.2) is 68.5 Å². The first-order chi connectivity index (χ1) is 23.5. The monoisotopic (exact) mass is 707 g/mol. The highest BCUT2D eigenvalue weighted by atomic mass is 31.2. The van der Waals surface area contributed by atoms with Crippen molar-refractivity contribution in [3.05, 3.63) is 72.9 Å². The summed E-state index contributed by atoms with van der Waals surface area (Å²) in [5, 5.41) is 13.6. The SMILES string of the molecule is CC/C=C\C/C=C\C/C=C\C/C=C\CCCCCCCCC(=O)NC(COP(=O)([O-])OCC[N+](C)(C)C)C(O)/C=C/CC/C=C/CCCC. The summed E-state index contributed by atoms with van der Waals surface area (Å²) in [5.41, 5.74) is 0. The van der Waals surface area contributed by atoms with Crippen molar-refractivity contribution < 1.29 is 32.9 Å². The van der Waals surface area contributed by atoms with Crippen molar-refractivity contribution in [2.24, 2.45) is 0 Å². The minimum Gasteiger partial charge on any atom is -0.756 e. The molecule has 0 saturated carbocycles. The molecule has 3 unspecified atom stereocenters. The summed E-state index contributed by atoms with van der Waals surface area (Å²) in [6.45, 7) is 4.38. The first-order valence-corrected chi connectivity index (χ1v) is 20.3. The standard InChI is InChI=1S/C40H71N2O6P/c1-6-8-10-12-14-16-17-18-19-20-21-22-23-24-25-26-28-30-32-34-40(44)41-38(37-48-49(45,46)47-36-35-42(3,4)5)39(43)33-31-29-27-15-13-11-9-7-2/h8,10,13-16,18-19,21-22,31,33,38-39,43H,6-7,9,11-12,17,20,23-30,32,34-37H2,1-5H3,(H-,41,44,45,46)/b10-8-,15-13+,16-14-,19-18-,22-21-,33-31+. The molecule has 0 saturated heterocycles. The molecule has 0 aromatic carbocycles. The Kier molecular flexibility index (Phi) is 30.5. The van der Waals surface area contributed by atoms with E-state index in [4.69, 9.17) is 9.05 Å². The van der Waals surface area contributed by atoms with E-state index in [9.17, 15) is 19.4 Å². The summed E-state index contributed by atoms with van der Waals surface area (Å²) in [4.78, 5) is 25.1. The molecule has 8 nitrogen and oxygen atoms in total. The number of rotatable bonds is 32. The molecule has 0 aromatic heterocycles. The molecule has 9 heteroatoms. The van der Waals surface area contributed by atoms with E-state index in [1.54, 1.807) is 6.08 Å². The number of phosphoric ester groups is 1. The van der Waals surface area contributed by atoms with Crippen LogP contribution in [-0.2, 0) is 18.4 Å². The van der Waals surface area contributed by atoms with Gasteiger partial charge in [-0.2, -0.15) is 0 Å². The van der Waals surface area contributed by atoms with Crippen LogP contribution < -0.4 is 10.2 Å². The van der Waals surface area contributed by atoms with E-state index in [1.165, 1.54) is 19.3 Å². The van der Waals surface area contributed by atoms with Crippen molar-refractivity contribution in [2.45, 2.75) is 135 Å². The molecule has 0 aliphatic rings. The van der Waals surface area contributed by atoms with Gasteiger partial charge in [0, 0.05) is 6.42 Å². The van der Waals surface area contributed by atoms with Gasteiger partial charge >= 0.3 is 0 Å². The number of aliphatic hydroxyl groups excluding tert-OH is 1. The van der Waals surface area contributed by atoms with Gasteiger partial charge in [-0.1, -0.05) is 125 Å². The van der Waals surface area contributed by atoms with E-state index in [0.717, 1.165) is 83.5 Å². The number of hydrogen-bond donors (Lipinski definition) is 2. The molecule has 282 valence electrons. The Bertz CT molecular complexity index is 1030. The maximum Gasteiger partial charge on any atom is 0.268 e. The van der Waals surface area contributed by atoms with Crippen LogP contribution in [0.4, 0.5) is 0 Å². The summed E-state index contributed by atoms with van der Waals surface area (Å²) < 4.78 is 23.0. The van der Waals surface area contributed by atoms with Crippen LogP contribution in [0.15, 0.2) is 72.9 Å². The molecular weight excluding hydrogens is 635 g/mol. The number of likely N-dealkylation sites (N-methyl/N-ethyl adjacent to an activating group) is 1. The number of carbonyl (C=O) groups is 1. The van der Waals surface area contributed by atoms with Gasteiger partial charge in [0.2, 0.25) is 5.91 Å². The summed E-state index contributed by atoms with van der Waals surface area (Å²) >= 11 is 0. The van der Waals surface area contributed by atoms with Gasteiger partial charge in [-0.05, 0) is 64.2 Å². The lowest BCUT2D eigenvalue weighted by molar-refractivity contribution is -0.870. The zero-order chi connectivity index (χ0) is 36.5. The minimum atomic E-state index is -4.59. The highest BCUT2D eigenvalue weighted by molar-refractivity contribution is 7.45. The van der Waals surface area contributed by atoms with Gasteiger partial charge in [0.1, 0.15) is 13.2 Å². The van der Waals surface area contributed by atoms with Gasteiger partial charge in [0.25, 0.3) is 7.82 Å². The van der Waals surface area contributed by atoms with E-state index in [2.05, 4.69) is 79.9 Å². The van der Waals surface area contributed by atoms with E-state index in [0.29, 0.717) is 17.4 Å². The second-order valence-electron chi connectivity index (χ2n) is 13.5. The fourth-order valence-electron chi connectivity index (χ4n) is 4.61.